The van der Waals surface area contributed by atoms with Crippen LogP contribution in [0.3, 0.4) is 0 Å². The molecule has 39 heavy (non-hydrogen) atoms. The number of benzene rings is 1. The van der Waals surface area contributed by atoms with Crippen LogP contribution in [0.5, 0.6) is 0 Å². The van der Waals surface area contributed by atoms with Gasteiger partial charge in [-0.3, -0.25) is 9.59 Å². The maximum Gasteiger partial charge on any atom is 0.410 e. The van der Waals surface area contributed by atoms with Gasteiger partial charge in [0.05, 0.1) is 5.92 Å². The van der Waals surface area contributed by atoms with Crippen LogP contribution in [-0.2, 0) is 28.7 Å². The zero-order valence-electron chi connectivity index (χ0n) is 22.1. The van der Waals surface area contributed by atoms with E-state index >= 15 is 0 Å². The van der Waals surface area contributed by atoms with E-state index in [0.717, 1.165) is 5.56 Å². The summed E-state index contributed by atoms with van der Waals surface area (Å²) in [7, 11) is 0. The van der Waals surface area contributed by atoms with Crippen molar-refractivity contribution in [1.29, 1.82) is 0 Å². The van der Waals surface area contributed by atoms with E-state index in [1.807, 2.05) is 44.2 Å². The van der Waals surface area contributed by atoms with E-state index in [0.29, 0.717) is 13.1 Å². The number of carbonyl (C=O) groups is 3. The SMILES string of the molecule is CCN(CC)C(=O)[C@@H]1C(c2ccccc2)[C@@H]1CNC(=O)OC(C)OC(=O)CCC[C@H](CO[N+](=O)[O-])O[N+](=O)[O-]. The summed E-state index contributed by atoms with van der Waals surface area (Å²) in [5, 5.41) is 21.2. The molecule has 0 radical (unpaired) electrons. The molecule has 2 amide bonds. The third-order valence-electron chi connectivity index (χ3n) is 6.27. The minimum atomic E-state index is -1.24. The molecule has 216 valence electrons. The number of amides is 2. The van der Waals surface area contributed by atoms with E-state index < -0.39 is 41.2 Å². The Kier molecular flexibility index (Phi) is 12.2. The molecule has 0 spiro atoms. The smallest absolute Gasteiger partial charge is 0.410 e. The highest BCUT2D eigenvalue weighted by Crippen LogP contribution is 2.54. The first-order valence-corrected chi connectivity index (χ1v) is 12.6. The van der Waals surface area contributed by atoms with Gasteiger partial charge in [-0.1, -0.05) is 30.3 Å². The molecule has 1 aliphatic carbocycles. The van der Waals surface area contributed by atoms with Crippen LogP contribution in [0, 0.1) is 32.1 Å². The van der Waals surface area contributed by atoms with Gasteiger partial charge in [-0.25, -0.2) is 4.79 Å². The van der Waals surface area contributed by atoms with Gasteiger partial charge in [0.15, 0.2) is 0 Å². The van der Waals surface area contributed by atoms with Crippen molar-refractivity contribution >= 4 is 18.0 Å². The number of nitrogens with one attached hydrogen (secondary N) is 1. The molecule has 1 fully saturated rings. The number of hydrogen-bond acceptors (Lipinski definition) is 11. The first-order chi connectivity index (χ1) is 18.6. The number of nitrogens with zero attached hydrogens (tertiary/aromatic N) is 3. The van der Waals surface area contributed by atoms with Crippen LogP contribution in [0.2, 0.25) is 0 Å². The van der Waals surface area contributed by atoms with Gasteiger partial charge in [0.2, 0.25) is 12.2 Å². The summed E-state index contributed by atoms with van der Waals surface area (Å²) in [6.07, 6.45) is -3.53. The predicted molar refractivity (Wildman–Crippen MR) is 133 cm³/mol. The normalized spacial score (nSPS) is 19.1. The van der Waals surface area contributed by atoms with Crippen LogP contribution < -0.4 is 5.32 Å². The molecule has 15 nitrogen and oxygen atoms in total. The lowest BCUT2D eigenvalue weighted by atomic mass is 10.1. The third kappa shape index (κ3) is 10.2. The van der Waals surface area contributed by atoms with Crippen molar-refractivity contribution in [2.45, 2.75) is 58.3 Å². The quantitative estimate of drug-likeness (QED) is 0.129. The summed E-state index contributed by atoms with van der Waals surface area (Å²) >= 11 is 0. The molecular weight excluding hydrogens is 520 g/mol. The fourth-order valence-corrected chi connectivity index (χ4v) is 4.41. The highest BCUT2D eigenvalue weighted by atomic mass is 17.0. The summed E-state index contributed by atoms with van der Waals surface area (Å²) in [5.41, 5.74) is 1.02. The van der Waals surface area contributed by atoms with Gasteiger partial charge in [0.1, 0.15) is 12.7 Å². The first kappa shape index (κ1) is 31.1. The molecule has 1 aromatic rings. The van der Waals surface area contributed by atoms with Crippen molar-refractivity contribution in [2.24, 2.45) is 11.8 Å². The second-order valence-corrected chi connectivity index (χ2v) is 8.84. The Morgan fingerprint density at radius 1 is 1.05 bits per heavy atom. The summed E-state index contributed by atoms with van der Waals surface area (Å²) < 4.78 is 10.1. The highest BCUT2D eigenvalue weighted by Gasteiger charge is 2.56. The Labute approximate surface area is 224 Å². The second-order valence-electron chi connectivity index (χ2n) is 8.84. The lowest BCUT2D eigenvalue weighted by molar-refractivity contribution is -0.790. The predicted octanol–water partition coefficient (Wildman–Crippen LogP) is 2.46. The molecule has 0 aliphatic heterocycles. The number of alkyl carbamates (subject to hydrolysis) is 1. The maximum atomic E-state index is 13.0. The number of rotatable bonds is 17. The van der Waals surface area contributed by atoms with Crippen LogP contribution in [-0.4, -0.2) is 71.7 Å². The van der Waals surface area contributed by atoms with Gasteiger partial charge in [-0.2, -0.15) is 0 Å². The first-order valence-electron chi connectivity index (χ1n) is 12.6. The fraction of sp³-hybridized carbons (Fsp3) is 0.625. The van der Waals surface area contributed by atoms with Crippen molar-refractivity contribution in [3.63, 3.8) is 0 Å². The van der Waals surface area contributed by atoms with E-state index in [9.17, 15) is 34.6 Å². The Morgan fingerprint density at radius 3 is 2.31 bits per heavy atom. The lowest BCUT2D eigenvalue weighted by Crippen LogP contribution is -2.34. The Balaban J connectivity index is 1.79. The third-order valence-corrected chi connectivity index (χ3v) is 6.27. The molecule has 0 bridgehead atoms. The van der Waals surface area contributed by atoms with E-state index in [2.05, 4.69) is 15.0 Å². The second kappa shape index (κ2) is 15.3. The van der Waals surface area contributed by atoms with Gasteiger partial charge in [-0.05, 0) is 38.2 Å². The monoisotopic (exact) mass is 554 g/mol. The molecule has 0 heterocycles. The fourth-order valence-electron chi connectivity index (χ4n) is 4.41. The lowest BCUT2D eigenvalue weighted by Gasteiger charge is -2.19. The number of esters is 1. The molecule has 1 saturated carbocycles. The molecule has 15 heteroatoms. The summed E-state index contributed by atoms with van der Waals surface area (Å²) in [6, 6.07) is 9.60. The van der Waals surface area contributed by atoms with Gasteiger partial charge >= 0.3 is 12.1 Å². The van der Waals surface area contributed by atoms with Gasteiger partial charge in [0, 0.05) is 38.9 Å². The van der Waals surface area contributed by atoms with Crippen molar-refractivity contribution in [3.05, 3.63) is 56.1 Å². The Morgan fingerprint density at radius 2 is 1.72 bits per heavy atom. The molecule has 0 saturated heterocycles. The van der Waals surface area contributed by atoms with Crippen molar-refractivity contribution in [1.82, 2.24) is 10.2 Å². The van der Waals surface area contributed by atoms with Crippen LogP contribution in [0.15, 0.2) is 30.3 Å². The average molecular weight is 555 g/mol. The van der Waals surface area contributed by atoms with Gasteiger partial charge in [-0.15, -0.1) is 20.2 Å². The van der Waals surface area contributed by atoms with Crippen LogP contribution in [0.25, 0.3) is 0 Å². The van der Waals surface area contributed by atoms with E-state index in [1.165, 1.54) is 6.92 Å². The topological polar surface area (TPSA) is 190 Å². The zero-order chi connectivity index (χ0) is 28.9. The van der Waals surface area contributed by atoms with Crippen molar-refractivity contribution < 1.29 is 43.7 Å². The van der Waals surface area contributed by atoms with Gasteiger partial charge in [0.25, 0.3) is 10.2 Å². The van der Waals surface area contributed by atoms with Crippen molar-refractivity contribution in [3.8, 4) is 0 Å². The highest BCUT2D eigenvalue weighted by molar-refractivity contribution is 5.84. The Hall–Kier alpha value is -4.17. The minimum absolute atomic E-state index is 0.0336. The number of ether oxygens (including phenoxy) is 2. The van der Waals surface area contributed by atoms with E-state index in [4.69, 9.17) is 9.47 Å². The molecule has 5 atom stereocenters. The van der Waals surface area contributed by atoms with Crippen LogP contribution in [0.1, 0.15) is 51.5 Å². The summed E-state index contributed by atoms with van der Waals surface area (Å²) in [4.78, 5) is 68.2. The standard InChI is InChI=1S/C24H34N4O11/c1-4-26(5-2)23(30)22-19(21(22)17-10-7-6-8-11-17)14-25-24(31)38-16(3)37-20(29)13-9-12-18(39-28(34)35)15-36-27(32)33/h6-8,10-11,16,18-19,21-22H,4-5,9,12-15H2,1-3H3,(H,25,31)/t16?,18-,19+,21?,22+/m1/s1. The molecule has 1 aromatic carbocycles. The summed E-state index contributed by atoms with van der Waals surface area (Å²) in [5.74, 6) is -1.12. The summed E-state index contributed by atoms with van der Waals surface area (Å²) in [6.45, 7) is 5.88. The van der Waals surface area contributed by atoms with Crippen molar-refractivity contribution in [2.75, 3.05) is 26.2 Å². The van der Waals surface area contributed by atoms with Crippen LogP contribution >= 0.6 is 0 Å². The molecule has 2 rings (SSSR count). The van der Waals surface area contributed by atoms with Gasteiger partial charge < -0.3 is 29.4 Å². The molecule has 1 N–H and O–H groups in total. The molecular formula is C24H34N4O11. The maximum absolute atomic E-state index is 13.0. The van der Waals surface area contributed by atoms with E-state index in [-0.39, 0.29) is 49.5 Å². The average Bonchev–Trinajstić information content (AvgIpc) is 3.61. The largest absolute Gasteiger partial charge is 0.425 e. The number of hydrogen-bond donors (Lipinski definition) is 1. The zero-order valence-corrected chi connectivity index (χ0v) is 22.1. The molecule has 1 aliphatic rings. The number of carbonyl (C=O) groups excluding carboxylic acids is 3. The van der Waals surface area contributed by atoms with E-state index in [1.54, 1.807) is 4.90 Å². The minimum Gasteiger partial charge on any atom is -0.425 e. The molecule has 2 unspecified atom stereocenters. The Bertz CT molecular complexity index is 990. The van der Waals surface area contributed by atoms with Crippen LogP contribution in [0.4, 0.5) is 4.79 Å². The molecule has 0 aromatic heterocycles.